The molecule has 0 spiro atoms. The molecule has 2 fully saturated rings. The van der Waals surface area contributed by atoms with Crippen LogP contribution in [0.2, 0.25) is 0 Å². The molecular weight excluding hydrogens is 408 g/mol. The Morgan fingerprint density at radius 2 is 2.00 bits per heavy atom. The second-order valence-corrected chi connectivity index (χ2v) is 9.07. The molecular formula is C18H20Br2O2. The molecule has 3 aliphatic rings. The summed E-state index contributed by atoms with van der Waals surface area (Å²) in [5.74, 6) is 2.53. The highest BCUT2D eigenvalue weighted by atomic mass is 79.9. The maximum absolute atomic E-state index is 12.4. The molecule has 0 bridgehead atoms. The Morgan fingerprint density at radius 1 is 1.23 bits per heavy atom. The first-order valence-electron chi connectivity index (χ1n) is 8.16. The van der Waals surface area contributed by atoms with Crippen molar-refractivity contribution < 1.29 is 9.90 Å². The van der Waals surface area contributed by atoms with E-state index < -0.39 is 0 Å². The van der Waals surface area contributed by atoms with E-state index in [0.717, 1.165) is 47.5 Å². The van der Waals surface area contributed by atoms with Crippen LogP contribution in [0.25, 0.3) is 0 Å². The zero-order chi connectivity index (χ0) is 15.6. The third-order valence-electron chi connectivity index (χ3n) is 6.60. The minimum atomic E-state index is -0.0654. The maximum atomic E-state index is 12.4. The Morgan fingerprint density at radius 3 is 2.77 bits per heavy atom. The Bertz CT molecular complexity index is 670. The molecule has 0 saturated heterocycles. The predicted molar refractivity (Wildman–Crippen MR) is 93.1 cm³/mol. The SMILES string of the molecule is CC12CCC3c4cc(Br)c(O)c(Br)c4CCC3C1CCC2=O. The molecule has 1 N–H and O–H groups in total. The van der Waals surface area contributed by atoms with Gasteiger partial charge in [0.1, 0.15) is 11.5 Å². The number of hydrogen-bond acceptors (Lipinski definition) is 2. The van der Waals surface area contributed by atoms with Crippen LogP contribution in [-0.2, 0) is 11.2 Å². The molecule has 4 atom stereocenters. The van der Waals surface area contributed by atoms with Crippen LogP contribution in [0.1, 0.15) is 56.1 Å². The van der Waals surface area contributed by atoms with Crippen LogP contribution in [0.4, 0.5) is 0 Å². The zero-order valence-corrected chi connectivity index (χ0v) is 15.8. The monoisotopic (exact) mass is 426 g/mol. The van der Waals surface area contributed by atoms with E-state index >= 15 is 0 Å². The van der Waals surface area contributed by atoms with E-state index in [0.29, 0.717) is 29.3 Å². The summed E-state index contributed by atoms with van der Waals surface area (Å²) < 4.78 is 1.63. The molecule has 3 aliphatic carbocycles. The van der Waals surface area contributed by atoms with Crippen molar-refractivity contribution in [3.05, 3.63) is 26.1 Å². The molecule has 4 rings (SSSR count). The van der Waals surface area contributed by atoms with Crippen LogP contribution in [0.5, 0.6) is 5.75 Å². The number of halogens is 2. The van der Waals surface area contributed by atoms with Gasteiger partial charge < -0.3 is 5.11 Å². The van der Waals surface area contributed by atoms with Gasteiger partial charge in [-0.2, -0.15) is 0 Å². The lowest BCUT2D eigenvalue weighted by Gasteiger charge is -2.48. The minimum absolute atomic E-state index is 0.0654. The molecule has 0 radical (unpaired) electrons. The number of benzene rings is 1. The molecule has 2 saturated carbocycles. The van der Waals surface area contributed by atoms with Crippen molar-refractivity contribution >= 4 is 37.6 Å². The van der Waals surface area contributed by atoms with Gasteiger partial charge in [0, 0.05) is 11.8 Å². The average molecular weight is 428 g/mol. The van der Waals surface area contributed by atoms with Crippen molar-refractivity contribution in [2.45, 2.75) is 51.4 Å². The van der Waals surface area contributed by atoms with Crippen molar-refractivity contribution in [2.24, 2.45) is 17.3 Å². The van der Waals surface area contributed by atoms with E-state index in [2.05, 4.69) is 44.8 Å². The predicted octanol–water partition coefficient (Wildman–Crippen LogP) is 5.34. The summed E-state index contributed by atoms with van der Waals surface area (Å²) >= 11 is 7.06. The molecule has 0 aliphatic heterocycles. The van der Waals surface area contributed by atoms with Crippen molar-refractivity contribution in [3.8, 4) is 5.75 Å². The molecule has 0 amide bonds. The van der Waals surface area contributed by atoms with Crippen molar-refractivity contribution in [3.63, 3.8) is 0 Å². The summed E-state index contributed by atoms with van der Waals surface area (Å²) in [4.78, 5) is 12.4. The third kappa shape index (κ3) is 1.92. The number of phenols is 1. The van der Waals surface area contributed by atoms with Crippen LogP contribution in [0.3, 0.4) is 0 Å². The summed E-state index contributed by atoms with van der Waals surface area (Å²) in [6.45, 7) is 2.21. The van der Waals surface area contributed by atoms with Crippen molar-refractivity contribution in [1.29, 1.82) is 0 Å². The van der Waals surface area contributed by atoms with Crippen molar-refractivity contribution in [2.75, 3.05) is 0 Å². The highest BCUT2D eigenvalue weighted by Gasteiger charge is 2.54. The first-order valence-corrected chi connectivity index (χ1v) is 9.75. The van der Waals surface area contributed by atoms with E-state index in [4.69, 9.17) is 0 Å². The highest BCUT2D eigenvalue weighted by Crippen LogP contribution is 2.60. The standard InChI is InChI=1S/C18H20Br2O2/c1-18-7-6-9-10(13(18)4-5-15(18)21)2-3-11-12(9)8-14(19)17(22)16(11)20/h8-10,13,22H,2-7H2,1H3. The fraction of sp³-hybridized carbons (Fsp3) is 0.611. The molecule has 118 valence electrons. The normalized spacial score (nSPS) is 36.7. The molecule has 4 unspecified atom stereocenters. The van der Waals surface area contributed by atoms with Gasteiger partial charge in [0.2, 0.25) is 0 Å². The van der Waals surface area contributed by atoms with Crippen molar-refractivity contribution in [1.82, 2.24) is 0 Å². The molecule has 0 heterocycles. The van der Waals surface area contributed by atoms with Crippen LogP contribution < -0.4 is 0 Å². The van der Waals surface area contributed by atoms with E-state index in [1.807, 2.05) is 0 Å². The van der Waals surface area contributed by atoms with Gasteiger partial charge in [0.15, 0.2) is 0 Å². The van der Waals surface area contributed by atoms with E-state index in [9.17, 15) is 9.90 Å². The van der Waals surface area contributed by atoms with Gasteiger partial charge in [-0.25, -0.2) is 0 Å². The lowest BCUT2D eigenvalue weighted by Crippen LogP contribution is -2.42. The number of phenolic OH excluding ortho intramolecular Hbond substituents is 1. The number of hydrogen-bond donors (Lipinski definition) is 1. The summed E-state index contributed by atoms with van der Waals surface area (Å²) in [5.41, 5.74) is 2.59. The summed E-state index contributed by atoms with van der Waals surface area (Å²) in [6, 6.07) is 2.12. The smallest absolute Gasteiger partial charge is 0.144 e. The van der Waals surface area contributed by atoms with Gasteiger partial charge in [-0.1, -0.05) is 6.92 Å². The fourth-order valence-electron chi connectivity index (χ4n) is 5.41. The molecule has 4 heteroatoms. The zero-order valence-electron chi connectivity index (χ0n) is 12.7. The van der Waals surface area contributed by atoms with Gasteiger partial charge in [0.05, 0.1) is 8.95 Å². The molecule has 1 aromatic rings. The highest BCUT2D eigenvalue weighted by molar-refractivity contribution is 9.11. The molecule has 1 aromatic carbocycles. The summed E-state index contributed by atoms with van der Waals surface area (Å²) in [7, 11) is 0. The Kier molecular flexibility index (Phi) is 3.50. The van der Waals surface area contributed by atoms with Crippen LogP contribution >= 0.6 is 31.9 Å². The van der Waals surface area contributed by atoms with Crippen LogP contribution in [0.15, 0.2) is 15.0 Å². The number of carbonyl (C=O) groups is 1. The number of rotatable bonds is 0. The lowest BCUT2D eigenvalue weighted by molar-refractivity contribution is -0.129. The quantitative estimate of drug-likeness (QED) is 0.606. The van der Waals surface area contributed by atoms with E-state index in [-0.39, 0.29) is 5.41 Å². The van der Waals surface area contributed by atoms with Gasteiger partial charge in [0.25, 0.3) is 0 Å². The second kappa shape index (κ2) is 5.07. The van der Waals surface area contributed by atoms with Crippen LogP contribution in [-0.4, -0.2) is 10.9 Å². The second-order valence-electron chi connectivity index (χ2n) is 7.42. The van der Waals surface area contributed by atoms with Crippen LogP contribution in [0, 0.1) is 17.3 Å². The summed E-state index contributed by atoms with van der Waals surface area (Å²) in [5, 5.41) is 10.1. The molecule has 2 nitrogen and oxygen atoms in total. The first-order chi connectivity index (χ1) is 10.4. The average Bonchev–Trinajstić information content (AvgIpc) is 2.80. The number of carbonyl (C=O) groups excluding carboxylic acids is 1. The van der Waals surface area contributed by atoms with Gasteiger partial charge in [-0.05, 0) is 98.9 Å². The van der Waals surface area contributed by atoms with Gasteiger partial charge in [-0.15, -0.1) is 0 Å². The topological polar surface area (TPSA) is 37.3 Å². The Labute approximate surface area is 147 Å². The Balaban J connectivity index is 1.78. The number of fused-ring (bicyclic) bond motifs is 5. The van der Waals surface area contributed by atoms with E-state index in [1.165, 1.54) is 11.1 Å². The first kappa shape index (κ1) is 15.2. The fourth-order valence-corrected chi connectivity index (χ4v) is 6.76. The van der Waals surface area contributed by atoms with Gasteiger partial charge >= 0.3 is 0 Å². The number of Topliss-reactive ketones (excluding diaryl/α,β-unsaturated/α-hetero) is 1. The third-order valence-corrected chi connectivity index (χ3v) is 8.06. The largest absolute Gasteiger partial charge is 0.506 e. The number of aromatic hydroxyl groups is 1. The number of ketones is 1. The van der Waals surface area contributed by atoms with Gasteiger partial charge in [-0.3, -0.25) is 4.79 Å². The van der Waals surface area contributed by atoms with E-state index in [1.54, 1.807) is 0 Å². The minimum Gasteiger partial charge on any atom is -0.506 e. The maximum Gasteiger partial charge on any atom is 0.144 e. The Hall–Kier alpha value is -0.350. The molecule has 22 heavy (non-hydrogen) atoms. The lowest BCUT2D eigenvalue weighted by atomic mass is 9.55. The molecule has 0 aromatic heterocycles. The summed E-state index contributed by atoms with van der Waals surface area (Å²) in [6.07, 6.45) is 6.11.